The summed E-state index contributed by atoms with van der Waals surface area (Å²) in [5.74, 6) is 1.63. The molecule has 0 fully saturated rings. The van der Waals surface area contributed by atoms with E-state index in [1.165, 1.54) is 7.11 Å². The molecule has 9 nitrogen and oxygen atoms in total. The van der Waals surface area contributed by atoms with E-state index in [1.54, 1.807) is 41.8 Å². The smallest absolute Gasteiger partial charge is 0.258 e. The molecule has 10 heteroatoms. The van der Waals surface area contributed by atoms with E-state index in [0.717, 1.165) is 5.56 Å². The van der Waals surface area contributed by atoms with Crippen LogP contribution in [0.5, 0.6) is 5.75 Å². The van der Waals surface area contributed by atoms with Crippen molar-refractivity contribution in [1.29, 1.82) is 0 Å². The van der Waals surface area contributed by atoms with E-state index in [1.807, 2.05) is 6.07 Å². The highest BCUT2D eigenvalue weighted by Crippen LogP contribution is 2.23. The van der Waals surface area contributed by atoms with Crippen LogP contribution in [0.3, 0.4) is 0 Å². The standard InChI is InChI=1S/C18H15ClN6O3/c1-10-21-18(28-24-10)11-5-6-25-15(7-11)22-23-16(25)9-20-17(26)13-4-3-12(19)8-14(13)27-2/h3-8H,9H2,1-2H3,(H,20,26). The normalized spacial score (nSPS) is 11.0. The second kappa shape index (κ2) is 7.28. The summed E-state index contributed by atoms with van der Waals surface area (Å²) in [7, 11) is 1.48. The van der Waals surface area contributed by atoms with Gasteiger partial charge < -0.3 is 14.6 Å². The van der Waals surface area contributed by atoms with E-state index in [0.29, 0.717) is 39.5 Å². The van der Waals surface area contributed by atoms with Crippen molar-refractivity contribution in [3.8, 4) is 17.2 Å². The minimum atomic E-state index is -0.303. The number of fused-ring (bicyclic) bond motifs is 1. The minimum absolute atomic E-state index is 0.185. The molecule has 4 aromatic rings. The Balaban J connectivity index is 1.53. The number of rotatable bonds is 5. The Morgan fingerprint density at radius 1 is 1.29 bits per heavy atom. The highest BCUT2D eigenvalue weighted by atomic mass is 35.5. The molecule has 0 radical (unpaired) electrons. The highest BCUT2D eigenvalue weighted by molar-refractivity contribution is 6.30. The molecular weight excluding hydrogens is 384 g/mol. The number of nitrogens with zero attached hydrogens (tertiary/aromatic N) is 5. The number of methoxy groups -OCH3 is 1. The molecule has 0 aliphatic carbocycles. The van der Waals surface area contributed by atoms with Crippen LogP contribution in [0.1, 0.15) is 22.0 Å². The van der Waals surface area contributed by atoms with Crippen LogP contribution in [-0.2, 0) is 6.54 Å². The maximum Gasteiger partial charge on any atom is 0.258 e. The van der Waals surface area contributed by atoms with Crippen molar-refractivity contribution in [3.63, 3.8) is 0 Å². The summed E-state index contributed by atoms with van der Waals surface area (Å²) in [6.45, 7) is 1.93. The van der Waals surface area contributed by atoms with Crippen molar-refractivity contribution in [3.05, 3.63) is 58.8 Å². The SMILES string of the molecule is COc1cc(Cl)ccc1C(=O)NCc1nnc2cc(-c3nc(C)no3)ccn12. The molecule has 1 aromatic carbocycles. The van der Waals surface area contributed by atoms with E-state index in [9.17, 15) is 4.79 Å². The van der Waals surface area contributed by atoms with E-state index in [4.69, 9.17) is 20.9 Å². The lowest BCUT2D eigenvalue weighted by Crippen LogP contribution is -2.24. The van der Waals surface area contributed by atoms with Crippen molar-refractivity contribution in [1.82, 2.24) is 30.1 Å². The van der Waals surface area contributed by atoms with Crippen LogP contribution in [0, 0.1) is 6.92 Å². The Morgan fingerprint density at radius 3 is 2.89 bits per heavy atom. The van der Waals surface area contributed by atoms with Crippen LogP contribution >= 0.6 is 11.6 Å². The summed E-state index contributed by atoms with van der Waals surface area (Å²) in [6.07, 6.45) is 1.79. The molecule has 0 saturated carbocycles. The molecular formula is C18H15ClN6O3. The fraction of sp³-hybridized carbons (Fsp3) is 0.167. The molecule has 0 unspecified atom stereocenters. The zero-order valence-electron chi connectivity index (χ0n) is 15.0. The van der Waals surface area contributed by atoms with Crippen LogP contribution in [-0.4, -0.2) is 37.8 Å². The molecule has 1 N–H and O–H groups in total. The average Bonchev–Trinajstić information content (AvgIpc) is 3.31. The molecule has 4 rings (SSSR count). The first kappa shape index (κ1) is 17.9. The second-order valence-electron chi connectivity index (χ2n) is 5.93. The Morgan fingerprint density at radius 2 is 2.14 bits per heavy atom. The molecule has 0 saturated heterocycles. The van der Waals surface area contributed by atoms with Gasteiger partial charge in [0.25, 0.3) is 11.8 Å². The number of amides is 1. The fourth-order valence-electron chi connectivity index (χ4n) is 2.72. The van der Waals surface area contributed by atoms with E-state index in [-0.39, 0.29) is 12.5 Å². The second-order valence-corrected chi connectivity index (χ2v) is 6.37. The predicted octanol–water partition coefficient (Wildman–Crippen LogP) is 2.68. The van der Waals surface area contributed by atoms with E-state index in [2.05, 4.69) is 25.7 Å². The first-order valence-electron chi connectivity index (χ1n) is 8.31. The number of carbonyl (C=O) groups excluding carboxylic acids is 1. The first-order chi connectivity index (χ1) is 13.5. The lowest BCUT2D eigenvalue weighted by Gasteiger charge is -2.09. The third-order valence-corrected chi connectivity index (χ3v) is 4.31. The molecule has 0 atom stereocenters. The molecule has 28 heavy (non-hydrogen) atoms. The Bertz CT molecular complexity index is 1170. The van der Waals surface area contributed by atoms with Crippen LogP contribution < -0.4 is 10.1 Å². The quantitative estimate of drug-likeness (QED) is 0.550. The molecule has 1 amide bonds. The molecule has 0 aliphatic rings. The van der Waals surface area contributed by atoms with Gasteiger partial charge in [0, 0.05) is 16.8 Å². The molecule has 3 heterocycles. The van der Waals surface area contributed by atoms with Gasteiger partial charge in [-0.2, -0.15) is 4.98 Å². The van der Waals surface area contributed by atoms with E-state index >= 15 is 0 Å². The van der Waals surface area contributed by atoms with Crippen LogP contribution in [0.15, 0.2) is 41.1 Å². The summed E-state index contributed by atoms with van der Waals surface area (Å²) in [5.41, 5.74) is 1.72. The number of nitrogens with one attached hydrogen (secondary N) is 1. The number of aromatic nitrogens is 5. The molecule has 0 spiro atoms. The maximum atomic E-state index is 12.5. The summed E-state index contributed by atoms with van der Waals surface area (Å²) in [4.78, 5) is 16.7. The molecule has 3 aromatic heterocycles. The van der Waals surface area contributed by atoms with Crippen molar-refractivity contribution in [2.45, 2.75) is 13.5 Å². The van der Waals surface area contributed by atoms with Crippen molar-refractivity contribution in [2.24, 2.45) is 0 Å². The lowest BCUT2D eigenvalue weighted by atomic mass is 10.2. The van der Waals surface area contributed by atoms with Crippen LogP contribution in [0.4, 0.5) is 0 Å². The van der Waals surface area contributed by atoms with Crippen molar-refractivity contribution in [2.75, 3.05) is 7.11 Å². The number of aryl methyl sites for hydroxylation is 1. The minimum Gasteiger partial charge on any atom is -0.496 e. The van der Waals surface area contributed by atoms with Gasteiger partial charge >= 0.3 is 0 Å². The third kappa shape index (κ3) is 3.39. The van der Waals surface area contributed by atoms with Gasteiger partial charge in [0.05, 0.1) is 19.2 Å². The predicted molar refractivity (Wildman–Crippen MR) is 100 cm³/mol. The molecule has 142 valence electrons. The molecule has 0 bridgehead atoms. The monoisotopic (exact) mass is 398 g/mol. The topological polar surface area (TPSA) is 107 Å². The van der Waals surface area contributed by atoms with Crippen LogP contribution in [0.2, 0.25) is 5.02 Å². The number of ether oxygens (including phenoxy) is 1. The molecule has 0 aliphatic heterocycles. The number of pyridine rings is 1. The summed E-state index contributed by atoms with van der Waals surface area (Å²) in [5, 5.41) is 15.4. The zero-order valence-corrected chi connectivity index (χ0v) is 15.8. The highest BCUT2D eigenvalue weighted by Gasteiger charge is 2.15. The van der Waals surface area contributed by atoms with Crippen molar-refractivity contribution >= 4 is 23.2 Å². The van der Waals surface area contributed by atoms with E-state index < -0.39 is 0 Å². The Labute approximate surface area is 164 Å². The maximum absolute atomic E-state index is 12.5. The van der Waals surface area contributed by atoms with Gasteiger partial charge in [0.15, 0.2) is 17.3 Å². The Hall–Kier alpha value is -3.46. The van der Waals surface area contributed by atoms with Gasteiger partial charge in [-0.05, 0) is 37.3 Å². The van der Waals surface area contributed by atoms with Crippen LogP contribution in [0.25, 0.3) is 17.1 Å². The van der Waals surface area contributed by atoms with Gasteiger partial charge in [-0.3, -0.25) is 9.20 Å². The van der Waals surface area contributed by atoms with Gasteiger partial charge in [0.1, 0.15) is 5.75 Å². The number of halogens is 1. The summed E-state index contributed by atoms with van der Waals surface area (Å²) >= 11 is 5.93. The lowest BCUT2D eigenvalue weighted by molar-refractivity contribution is 0.0946. The number of hydrogen-bond acceptors (Lipinski definition) is 7. The fourth-order valence-corrected chi connectivity index (χ4v) is 2.88. The first-order valence-corrected chi connectivity index (χ1v) is 8.69. The van der Waals surface area contributed by atoms with Gasteiger partial charge in [-0.15, -0.1) is 10.2 Å². The Kier molecular flexibility index (Phi) is 4.66. The number of benzene rings is 1. The summed E-state index contributed by atoms with van der Waals surface area (Å²) in [6, 6.07) is 8.43. The van der Waals surface area contributed by atoms with Gasteiger partial charge in [-0.25, -0.2) is 0 Å². The van der Waals surface area contributed by atoms with Gasteiger partial charge in [-0.1, -0.05) is 16.8 Å². The van der Waals surface area contributed by atoms with Crippen molar-refractivity contribution < 1.29 is 14.1 Å². The largest absolute Gasteiger partial charge is 0.496 e. The number of hydrogen-bond donors (Lipinski definition) is 1. The third-order valence-electron chi connectivity index (χ3n) is 4.07. The zero-order chi connectivity index (χ0) is 19.7. The number of carbonyl (C=O) groups is 1. The average molecular weight is 399 g/mol. The summed E-state index contributed by atoms with van der Waals surface area (Å²) < 4.78 is 12.2. The van der Waals surface area contributed by atoms with Gasteiger partial charge in [0.2, 0.25) is 0 Å².